The quantitative estimate of drug-likeness (QED) is 0.0284. The number of aliphatic hydroxyl groups is 1. The van der Waals surface area contributed by atoms with Crippen LogP contribution in [0, 0.1) is 0 Å². The average molecular weight is 1010 g/mol. The molecule has 0 saturated carbocycles. The SMILES string of the molecule is CN(C)c1ccc2c(-c3cc(C(=O)NCCNC(=O)O[C@H]4[C@@H](O)[C@H](n5cnc6c(N)ncnc65)O[C@@H]4COP(=O)(O)OP(=O)(O)NP(=O)(O)O)ccc3C(=O)O)c3ccc(=[N+](C)C)cc-3oc2c1. The maximum atomic E-state index is 13.6. The number of aromatic carboxylic acids is 1. The minimum atomic E-state index is -5.66. The molecule has 1 saturated heterocycles. The molecule has 7 rings (SSSR count). The van der Waals surface area contributed by atoms with E-state index in [0.29, 0.717) is 27.9 Å². The smallest absolute Gasteiger partial charge is 0.478 e. The normalized spacial score (nSPS) is 19.1. The molecule has 0 spiro atoms. The highest BCUT2D eigenvalue weighted by molar-refractivity contribution is 7.70. The van der Waals surface area contributed by atoms with E-state index in [4.69, 9.17) is 33.9 Å². The highest BCUT2D eigenvalue weighted by Gasteiger charge is 2.49. The highest BCUT2D eigenvalue weighted by atomic mass is 31.3. The lowest BCUT2D eigenvalue weighted by atomic mass is 9.89. The van der Waals surface area contributed by atoms with Gasteiger partial charge in [-0.05, 0) is 42.0 Å². The minimum Gasteiger partial charge on any atom is -0.478 e. The molecule has 2 aromatic heterocycles. The van der Waals surface area contributed by atoms with Gasteiger partial charge in [0.1, 0.15) is 49.5 Å². The fourth-order valence-corrected chi connectivity index (χ4v) is 10.6. The number of amides is 2. The third-order valence-electron chi connectivity index (χ3n) is 10.3. The van der Waals surface area contributed by atoms with Crippen molar-refractivity contribution >= 4 is 74.9 Å². The number of nitrogens with zero attached hydrogens (tertiary/aromatic N) is 6. The topological polar surface area (TPSA) is 386 Å². The molecule has 0 radical (unpaired) electrons. The number of ether oxygens (including phenoxy) is 2. The van der Waals surface area contributed by atoms with E-state index in [1.807, 2.05) is 74.1 Å². The summed E-state index contributed by atoms with van der Waals surface area (Å²) in [5, 5.41) is 28.1. The van der Waals surface area contributed by atoms with Gasteiger partial charge in [-0.1, -0.05) is 0 Å². The van der Waals surface area contributed by atoms with Gasteiger partial charge in [0.25, 0.3) is 5.91 Å². The van der Waals surface area contributed by atoms with Gasteiger partial charge < -0.3 is 64.9 Å². The van der Waals surface area contributed by atoms with Crippen molar-refractivity contribution in [2.45, 2.75) is 24.5 Å². The Morgan fingerprint density at radius 3 is 2.37 bits per heavy atom. The number of hydrogen-bond acceptors (Lipinski definition) is 17. The number of nitrogen functional groups attached to an aromatic ring is 1. The number of phosphoric ester groups is 1. The molecule has 27 nitrogen and oxygen atoms in total. The second-order valence-electron chi connectivity index (χ2n) is 15.4. The van der Waals surface area contributed by atoms with E-state index >= 15 is 0 Å². The number of carbonyl (C=O) groups excluding carboxylic acids is 2. The molecule has 4 aromatic rings. The molecule has 6 atom stereocenters. The number of aromatic nitrogens is 4. The number of carboxylic acids is 1. The molecule has 2 aromatic carbocycles. The van der Waals surface area contributed by atoms with Crippen LogP contribution in [0.4, 0.5) is 16.3 Å². The van der Waals surface area contributed by atoms with Crippen LogP contribution in [0.5, 0.6) is 0 Å². The van der Waals surface area contributed by atoms with Crippen LogP contribution in [-0.4, -0.2) is 133 Å². The molecule has 0 bridgehead atoms. The van der Waals surface area contributed by atoms with E-state index in [2.05, 4.69) is 29.9 Å². The fraction of sp³-hybridized carbons (Fsp3) is 0.289. The van der Waals surface area contributed by atoms with Crippen molar-refractivity contribution in [2.75, 3.05) is 58.5 Å². The van der Waals surface area contributed by atoms with Gasteiger partial charge in [0.05, 0.1) is 24.6 Å². The van der Waals surface area contributed by atoms with Crippen molar-refractivity contribution in [3.8, 4) is 22.5 Å². The molecule has 1 fully saturated rings. The van der Waals surface area contributed by atoms with Crippen LogP contribution >= 0.6 is 23.3 Å². The van der Waals surface area contributed by atoms with E-state index < -0.39 is 72.4 Å². The van der Waals surface area contributed by atoms with Gasteiger partial charge in [0, 0.05) is 67.1 Å². The molecule has 4 heterocycles. The summed E-state index contributed by atoms with van der Waals surface area (Å²) in [6.07, 6.45) is -5.66. The van der Waals surface area contributed by atoms with E-state index in [0.717, 1.165) is 28.6 Å². The standard InChI is InChI=1S/C38H43N10O17P3/c1-46(2)20-6-9-23-26(14-20)62-27-15-21(47(3)4)7-10-24(27)29(23)25-13-19(5-8-22(25)37(51)52)35(50)40-11-12-41-38(53)64-32-28(16-61-68(59,60)65-67(57,58)45-66(54,55)56)63-36(31(32)49)48-18-44-30-33(39)42-17-43-34(30)48/h5-10,13-15,17-18,28,31-32,36,49H,11-12,16H2,1-4H3,(H9-,39,40,41,42,43,45,50,51,52,53,54,55,56,57,58,59,60)/p+1/t28-,31-,32-,36-/m1/s1. The zero-order valence-electron chi connectivity index (χ0n) is 36.1. The van der Waals surface area contributed by atoms with Crippen LogP contribution in [0.25, 0.3) is 44.6 Å². The first kappa shape index (κ1) is 49.7. The lowest BCUT2D eigenvalue weighted by Gasteiger charge is -2.22. The Bertz CT molecular complexity index is 3140. The molecule has 2 aliphatic heterocycles. The summed E-state index contributed by atoms with van der Waals surface area (Å²) in [6, 6.07) is 15.1. The molecular formula is C38H44N10O17P3+. The van der Waals surface area contributed by atoms with Crippen LogP contribution < -0.4 is 36.1 Å². The summed E-state index contributed by atoms with van der Waals surface area (Å²) in [5.74, 6) is -1.46. The number of rotatable bonds is 16. The number of phosphoric acid groups is 1. The van der Waals surface area contributed by atoms with E-state index in [9.17, 15) is 48.1 Å². The molecule has 68 heavy (non-hydrogen) atoms. The second-order valence-corrected chi connectivity index (χ2v) is 20.2. The van der Waals surface area contributed by atoms with E-state index in [1.165, 1.54) is 22.8 Å². The predicted octanol–water partition coefficient (Wildman–Crippen LogP) is 1.42. The number of aliphatic hydroxyl groups excluding tert-OH is 1. The summed E-state index contributed by atoms with van der Waals surface area (Å²) in [7, 11) is -9.29. The minimum absolute atomic E-state index is 0.0405. The first-order valence-electron chi connectivity index (χ1n) is 19.8. The Morgan fingerprint density at radius 1 is 0.941 bits per heavy atom. The summed E-state index contributed by atoms with van der Waals surface area (Å²) in [4.78, 5) is 91.8. The van der Waals surface area contributed by atoms with Crippen molar-refractivity contribution in [3.05, 3.63) is 83.7 Å². The number of carbonyl (C=O) groups is 3. The van der Waals surface area contributed by atoms with Gasteiger partial charge in [-0.15, -0.1) is 4.86 Å². The van der Waals surface area contributed by atoms with Gasteiger partial charge in [-0.3, -0.25) is 13.9 Å². The average Bonchev–Trinajstić information content (AvgIpc) is 3.82. The van der Waals surface area contributed by atoms with Gasteiger partial charge in [0.15, 0.2) is 23.8 Å². The highest BCUT2D eigenvalue weighted by Crippen LogP contribution is 2.61. The summed E-state index contributed by atoms with van der Waals surface area (Å²) >= 11 is 0. The van der Waals surface area contributed by atoms with Crippen LogP contribution in [-0.2, 0) is 32.0 Å². The number of anilines is 2. The van der Waals surface area contributed by atoms with E-state index in [1.54, 1.807) is 0 Å². The van der Waals surface area contributed by atoms with E-state index in [-0.39, 0.29) is 46.8 Å². The first-order chi connectivity index (χ1) is 31.9. The number of benzene rings is 3. The van der Waals surface area contributed by atoms with Crippen LogP contribution in [0.1, 0.15) is 26.9 Å². The molecule has 2 unspecified atom stereocenters. The Morgan fingerprint density at radius 2 is 1.68 bits per heavy atom. The number of hydrogen-bond donors (Lipinski definition) is 10. The van der Waals surface area contributed by atoms with Crippen molar-refractivity contribution < 1.29 is 80.6 Å². The number of nitrogens with one attached hydrogen (secondary N) is 3. The lowest BCUT2D eigenvalue weighted by molar-refractivity contribution is -0.0507. The molecule has 30 heteroatoms. The summed E-state index contributed by atoms with van der Waals surface area (Å²) < 4.78 is 65.2. The Hall–Kier alpha value is -6.18. The Kier molecular flexibility index (Phi) is 14.2. The second kappa shape index (κ2) is 19.4. The number of carboxylic acid groups (broad SMARTS) is 1. The lowest BCUT2D eigenvalue weighted by Crippen LogP contribution is -2.42. The zero-order chi connectivity index (χ0) is 49.5. The van der Waals surface area contributed by atoms with Gasteiger partial charge in [-0.2, -0.15) is 4.31 Å². The summed E-state index contributed by atoms with van der Waals surface area (Å²) in [5.41, 5.74) is 8.62. The Labute approximate surface area is 383 Å². The Balaban J connectivity index is 1.07. The third kappa shape index (κ3) is 11.1. The molecule has 11 N–H and O–H groups in total. The number of nitrogens with two attached hydrogens (primary N) is 1. The van der Waals surface area contributed by atoms with Crippen molar-refractivity contribution in [1.82, 2.24) is 39.6 Å². The molecule has 2 amide bonds. The van der Waals surface area contributed by atoms with Crippen LogP contribution in [0.2, 0.25) is 0 Å². The van der Waals surface area contributed by atoms with Gasteiger partial charge in [-0.25, -0.2) is 42.8 Å². The van der Waals surface area contributed by atoms with Crippen molar-refractivity contribution in [3.63, 3.8) is 0 Å². The monoisotopic (exact) mass is 1010 g/mol. The maximum absolute atomic E-state index is 13.6. The van der Waals surface area contributed by atoms with Crippen LogP contribution in [0.3, 0.4) is 0 Å². The number of fused-ring (bicyclic) bond motifs is 3. The predicted molar refractivity (Wildman–Crippen MR) is 239 cm³/mol. The largest absolute Gasteiger partial charge is 0.480 e. The van der Waals surface area contributed by atoms with Crippen molar-refractivity contribution in [1.29, 1.82) is 0 Å². The van der Waals surface area contributed by atoms with Crippen molar-refractivity contribution in [2.24, 2.45) is 0 Å². The van der Waals surface area contributed by atoms with Gasteiger partial charge >= 0.3 is 35.4 Å². The fourth-order valence-electron chi connectivity index (χ4n) is 7.20. The number of imidazole rings is 1. The maximum Gasteiger partial charge on any atom is 0.480 e. The molecular weight excluding hydrogens is 961 g/mol. The van der Waals surface area contributed by atoms with Gasteiger partial charge in [0.2, 0.25) is 5.36 Å². The molecule has 1 aliphatic carbocycles. The third-order valence-corrected chi connectivity index (χ3v) is 14.5. The zero-order valence-corrected chi connectivity index (χ0v) is 38.7. The molecule has 362 valence electrons. The number of alkyl carbamates (subject to hydrolysis) is 1. The summed E-state index contributed by atoms with van der Waals surface area (Å²) in [6.45, 7) is -1.59. The first-order valence-corrected chi connectivity index (χ1v) is 24.5. The van der Waals surface area contributed by atoms with Crippen LogP contribution in [0.15, 0.2) is 71.7 Å². The molecule has 3 aliphatic rings.